The zero-order valence-corrected chi connectivity index (χ0v) is 16.9. The first kappa shape index (κ1) is 19.7. The van der Waals surface area contributed by atoms with Gasteiger partial charge in [0.1, 0.15) is 0 Å². The first-order valence-electron chi connectivity index (χ1n) is 9.26. The van der Waals surface area contributed by atoms with Crippen molar-refractivity contribution in [1.82, 2.24) is 4.57 Å². The van der Waals surface area contributed by atoms with Crippen molar-refractivity contribution in [2.75, 3.05) is 17.7 Å². The molecule has 0 bridgehead atoms. The van der Waals surface area contributed by atoms with Crippen molar-refractivity contribution < 1.29 is 14.3 Å². The van der Waals surface area contributed by atoms with Gasteiger partial charge in [0.25, 0.3) is 0 Å². The van der Waals surface area contributed by atoms with Gasteiger partial charge in [-0.1, -0.05) is 0 Å². The van der Waals surface area contributed by atoms with E-state index in [1.807, 2.05) is 44.2 Å². The highest BCUT2D eigenvalue weighted by Crippen LogP contribution is 2.24. The molecule has 5 nitrogen and oxygen atoms in total. The molecule has 6 heteroatoms. The van der Waals surface area contributed by atoms with Crippen LogP contribution in [0.4, 0.5) is 5.69 Å². The second-order valence-electron chi connectivity index (χ2n) is 6.95. The summed E-state index contributed by atoms with van der Waals surface area (Å²) in [5.41, 5.74) is 3.69. The summed E-state index contributed by atoms with van der Waals surface area (Å²) in [5.74, 6) is 0.436. The Balaban J connectivity index is 1.61. The number of amides is 1. The number of benzene rings is 1. The van der Waals surface area contributed by atoms with E-state index in [1.54, 1.807) is 0 Å². The van der Waals surface area contributed by atoms with E-state index in [4.69, 9.17) is 4.74 Å². The summed E-state index contributed by atoms with van der Waals surface area (Å²) < 4.78 is 7.94. The molecule has 1 aromatic carbocycles. The van der Waals surface area contributed by atoms with E-state index in [1.165, 1.54) is 18.7 Å². The molecule has 0 saturated carbocycles. The topological polar surface area (TPSA) is 60.3 Å². The van der Waals surface area contributed by atoms with Crippen molar-refractivity contribution in [3.63, 3.8) is 0 Å². The fraction of sp³-hybridized carbons (Fsp3) is 0.429. The molecular weight excluding hydrogens is 360 g/mol. The zero-order valence-electron chi connectivity index (χ0n) is 16.1. The highest BCUT2D eigenvalue weighted by molar-refractivity contribution is 8.00. The van der Waals surface area contributed by atoms with Gasteiger partial charge in [0.05, 0.1) is 11.9 Å². The smallest absolute Gasteiger partial charge is 0.221 e. The summed E-state index contributed by atoms with van der Waals surface area (Å²) in [6, 6.07) is 9.53. The normalized spacial score (nSPS) is 16.5. The summed E-state index contributed by atoms with van der Waals surface area (Å²) in [6.07, 6.45) is 2.46. The molecule has 1 amide bonds. The Kier molecular flexibility index (Phi) is 6.39. The van der Waals surface area contributed by atoms with E-state index in [0.717, 1.165) is 53.5 Å². The molecule has 0 radical (unpaired) electrons. The molecular formula is C21H26N2O3S. The van der Waals surface area contributed by atoms with Gasteiger partial charge in [-0.3, -0.25) is 9.59 Å². The minimum atomic E-state index is -0.0936. The standard InChI is InChI=1S/C21H26N2O3S/c1-14-11-20(15(2)23(14)12-18-5-4-10-26-18)21(25)13-27-19-8-6-17(7-9-19)22-16(3)24/h6-9,11,18H,4-5,10,12-13H2,1-3H3,(H,22,24)/t18-/m0/s1. The monoisotopic (exact) mass is 386 g/mol. The van der Waals surface area contributed by atoms with E-state index in [2.05, 4.69) is 9.88 Å². The number of ether oxygens (including phenoxy) is 1. The molecule has 1 aliphatic heterocycles. The molecule has 144 valence electrons. The lowest BCUT2D eigenvalue weighted by molar-refractivity contribution is -0.114. The van der Waals surface area contributed by atoms with Crippen molar-refractivity contribution in [1.29, 1.82) is 0 Å². The highest BCUT2D eigenvalue weighted by Gasteiger charge is 2.21. The fourth-order valence-corrected chi connectivity index (χ4v) is 4.20. The molecule has 1 N–H and O–H groups in total. The number of Topliss-reactive ketones (excluding diaryl/α,β-unsaturated/α-hetero) is 1. The van der Waals surface area contributed by atoms with Crippen LogP contribution in [0.5, 0.6) is 0 Å². The molecule has 0 spiro atoms. The molecule has 0 aliphatic carbocycles. The Bertz CT molecular complexity index is 821. The van der Waals surface area contributed by atoms with Crippen LogP contribution in [0.3, 0.4) is 0 Å². The van der Waals surface area contributed by atoms with Crippen LogP contribution in [-0.4, -0.2) is 34.7 Å². The minimum Gasteiger partial charge on any atom is -0.376 e. The summed E-state index contributed by atoms with van der Waals surface area (Å²) >= 11 is 1.51. The second-order valence-corrected chi connectivity index (χ2v) is 8.00. The molecule has 1 aliphatic rings. The largest absolute Gasteiger partial charge is 0.376 e. The number of rotatable bonds is 7. The minimum absolute atomic E-state index is 0.0936. The maximum Gasteiger partial charge on any atom is 0.221 e. The molecule has 0 unspecified atom stereocenters. The molecule has 3 rings (SSSR count). The number of nitrogens with zero attached hydrogens (tertiary/aromatic N) is 1. The van der Waals surface area contributed by atoms with Gasteiger partial charge in [0.15, 0.2) is 5.78 Å². The van der Waals surface area contributed by atoms with Crippen LogP contribution < -0.4 is 5.32 Å². The van der Waals surface area contributed by atoms with Crippen molar-refractivity contribution in [3.8, 4) is 0 Å². The number of aromatic nitrogens is 1. The third-order valence-corrected chi connectivity index (χ3v) is 5.84. The number of hydrogen-bond acceptors (Lipinski definition) is 4. The Morgan fingerprint density at radius 1 is 1.26 bits per heavy atom. The van der Waals surface area contributed by atoms with Crippen molar-refractivity contribution in [2.45, 2.75) is 51.2 Å². The lowest BCUT2D eigenvalue weighted by Crippen LogP contribution is -2.17. The third-order valence-electron chi connectivity index (χ3n) is 4.83. The number of carbonyl (C=O) groups is 2. The summed E-state index contributed by atoms with van der Waals surface area (Å²) in [5, 5.41) is 2.74. The number of hydrogen-bond donors (Lipinski definition) is 1. The molecule has 1 aromatic heterocycles. The Morgan fingerprint density at radius 3 is 2.63 bits per heavy atom. The molecule has 1 fully saturated rings. The average Bonchev–Trinajstić information content (AvgIpc) is 3.24. The average molecular weight is 387 g/mol. The van der Waals surface area contributed by atoms with Crippen molar-refractivity contribution in [3.05, 3.63) is 47.3 Å². The SMILES string of the molecule is CC(=O)Nc1ccc(SCC(=O)c2cc(C)n(C[C@@H]3CCCO3)c2C)cc1. The first-order valence-corrected chi connectivity index (χ1v) is 10.2. The summed E-state index contributed by atoms with van der Waals surface area (Å²) in [7, 11) is 0. The van der Waals surface area contributed by atoms with E-state index in [9.17, 15) is 9.59 Å². The predicted molar refractivity (Wildman–Crippen MR) is 109 cm³/mol. The maximum absolute atomic E-state index is 12.7. The van der Waals surface area contributed by atoms with Crippen LogP contribution in [0.25, 0.3) is 0 Å². The van der Waals surface area contributed by atoms with E-state index in [0.29, 0.717) is 5.75 Å². The van der Waals surface area contributed by atoms with Crippen LogP contribution in [0.2, 0.25) is 0 Å². The summed E-state index contributed by atoms with van der Waals surface area (Å²) in [6.45, 7) is 7.21. The maximum atomic E-state index is 12.7. The van der Waals surface area contributed by atoms with Gasteiger partial charge >= 0.3 is 0 Å². The fourth-order valence-electron chi connectivity index (χ4n) is 3.42. The van der Waals surface area contributed by atoms with Gasteiger partial charge in [-0.2, -0.15) is 0 Å². The van der Waals surface area contributed by atoms with Gasteiger partial charge < -0.3 is 14.6 Å². The third kappa shape index (κ3) is 5.02. The van der Waals surface area contributed by atoms with Crippen LogP contribution in [-0.2, 0) is 16.1 Å². The highest BCUT2D eigenvalue weighted by atomic mass is 32.2. The molecule has 2 heterocycles. The lowest BCUT2D eigenvalue weighted by Gasteiger charge is -2.14. The predicted octanol–water partition coefficient (Wildman–Crippen LogP) is 4.22. The van der Waals surface area contributed by atoms with E-state index < -0.39 is 0 Å². The molecule has 2 aromatic rings. The van der Waals surface area contributed by atoms with Crippen LogP contribution in [0.1, 0.15) is 41.5 Å². The van der Waals surface area contributed by atoms with E-state index >= 15 is 0 Å². The number of carbonyl (C=O) groups excluding carboxylic acids is 2. The summed E-state index contributed by atoms with van der Waals surface area (Å²) in [4.78, 5) is 24.8. The van der Waals surface area contributed by atoms with Gasteiger partial charge in [0.2, 0.25) is 5.91 Å². The van der Waals surface area contributed by atoms with Crippen LogP contribution >= 0.6 is 11.8 Å². The van der Waals surface area contributed by atoms with Crippen LogP contribution in [0, 0.1) is 13.8 Å². The Hall–Kier alpha value is -2.05. The number of thioether (sulfide) groups is 1. The van der Waals surface area contributed by atoms with Gasteiger partial charge in [-0.25, -0.2) is 0 Å². The van der Waals surface area contributed by atoms with Crippen molar-refractivity contribution in [2.24, 2.45) is 0 Å². The van der Waals surface area contributed by atoms with Gasteiger partial charge in [0, 0.05) is 47.6 Å². The Labute approximate surface area is 164 Å². The molecule has 27 heavy (non-hydrogen) atoms. The molecule has 1 atom stereocenters. The quantitative estimate of drug-likeness (QED) is 0.572. The van der Waals surface area contributed by atoms with E-state index in [-0.39, 0.29) is 17.8 Å². The lowest BCUT2D eigenvalue weighted by atomic mass is 10.2. The number of anilines is 1. The number of aryl methyl sites for hydroxylation is 1. The van der Waals surface area contributed by atoms with Gasteiger partial charge in [-0.15, -0.1) is 11.8 Å². The molecule has 1 saturated heterocycles. The number of ketones is 1. The van der Waals surface area contributed by atoms with Crippen molar-refractivity contribution >= 4 is 29.1 Å². The number of nitrogens with one attached hydrogen (secondary N) is 1. The first-order chi connectivity index (χ1) is 12.9. The van der Waals surface area contributed by atoms with Gasteiger partial charge in [-0.05, 0) is 57.0 Å². The Morgan fingerprint density at radius 2 is 2.00 bits per heavy atom. The zero-order chi connectivity index (χ0) is 19.4. The van der Waals surface area contributed by atoms with Crippen LogP contribution in [0.15, 0.2) is 35.2 Å². The second kappa shape index (κ2) is 8.76.